The number of rotatable bonds is 7. The van der Waals surface area contributed by atoms with Gasteiger partial charge in [0.1, 0.15) is 5.69 Å². The maximum atomic E-state index is 11.4. The van der Waals surface area contributed by atoms with Gasteiger partial charge in [0.25, 0.3) is 5.69 Å². The molecule has 3 N–H and O–H groups in total. The summed E-state index contributed by atoms with van der Waals surface area (Å²) in [5, 5.41) is 19.0. The van der Waals surface area contributed by atoms with Crippen LogP contribution < -0.4 is 16.0 Å². The van der Waals surface area contributed by atoms with E-state index in [0.29, 0.717) is 18.8 Å². The number of anilines is 1. The molecule has 0 atom stereocenters. The Morgan fingerprint density at radius 2 is 2.00 bits per heavy atom. The molecule has 0 unspecified atom stereocenters. The first-order chi connectivity index (χ1) is 8.65. The number of hydrogen-bond acceptors (Lipinski definition) is 5. The summed E-state index contributed by atoms with van der Waals surface area (Å²) in [5.74, 6) is -0.205. The van der Waals surface area contributed by atoms with E-state index in [-0.39, 0.29) is 30.5 Å². The van der Waals surface area contributed by atoms with E-state index in [2.05, 4.69) is 16.0 Å². The Labute approximate surface area is 117 Å². The van der Waals surface area contributed by atoms with Gasteiger partial charge in [-0.3, -0.25) is 14.9 Å². The summed E-state index contributed by atoms with van der Waals surface area (Å²) < 4.78 is 0. The first-order valence-electron chi connectivity index (χ1n) is 5.53. The summed E-state index contributed by atoms with van der Waals surface area (Å²) >= 11 is 0. The van der Waals surface area contributed by atoms with Crippen molar-refractivity contribution in [2.75, 3.05) is 32.0 Å². The number of para-hydroxylation sites is 2. The Bertz CT molecular complexity index is 428. The number of nitro groups is 1. The van der Waals surface area contributed by atoms with Crippen LogP contribution in [0.2, 0.25) is 0 Å². The number of nitrogens with zero attached hydrogens (tertiary/aromatic N) is 1. The van der Waals surface area contributed by atoms with Crippen molar-refractivity contribution in [1.29, 1.82) is 0 Å². The minimum Gasteiger partial charge on any atom is -0.371 e. The van der Waals surface area contributed by atoms with Gasteiger partial charge >= 0.3 is 0 Å². The summed E-state index contributed by atoms with van der Waals surface area (Å²) in [6.07, 6.45) is 0. The predicted molar refractivity (Wildman–Crippen MR) is 75.8 cm³/mol. The molecule has 0 aromatic heterocycles. The largest absolute Gasteiger partial charge is 0.371 e. The Hall–Kier alpha value is -1.86. The molecule has 0 radical (unpaired) electrons. The summed E-state index contributed by atoms with van der Waals surface area (Å²) in [6, 6.07) is 6.21. The van der Waals surface area contributed by atoms with E-state index >= 15 is 0 Å². The van der Waals surface area contributed by atoms with Crippen molar-refractivity contribution >= 4 is 29.7 Å². The SMILES string of the molecule is CNCCNC(=O)CNc1ccccc1[N+](=O)[O-].Cl. The first-order valence-corrected chi connectivity index (χ1v) is 5.53. The Morgan fingerprint density at radius 3 is 2.63 bits per heavy atom. The Kier molecular flexibility index (Phi) is 8.23. The molecule has 0 aliphatic rings. The molecule has 0 saturated heterocycles. The lowest BCUT2D eigenvalue weighted by molar-refractivity contribution is -0.383. The molecule has 0 saturated carbocycles. The molecule has 8 heteroatoms. The normalized spacial score (nSPS) is 9.32. The van der Waals surface area contributed by atoms with Crippen molar-refractivity contribution in [3.05, 3.63) is 34.4 Å². The van der Waals surface area contributed by atoms with Crippen LogP contribution >= 0.6 is 12.4 Å². The Morgan fingerprint density at radius 1 is 1.32 bits per heavy atom. The van der Waals surface area contributed by atoms with Crippen LogP contribution in [0.3, 0.4) is 0 Å². The van der Waals surface area contributed by atoms with Crippen molar-refractivity contribution in [2.24, 2.45) is 0 Å². The molecule has 0 bridgehead atoms. The van der Waals surface area contributed by atoms with E-state index in [1.807, 2.05) is 0 Å². The molecule has 0 heterocycles. The highest BCUT2D eigenvalue weighted by molar-refractivity contribution is 5.85. The van der Waals surface area contributed by atoms with Gasteiger partial charge in [-0.1, -0.05) is 12.1 Å². The number of benzene rings is 1. The van der Waals surface area contributed by atoms with Gasteiger partial charge in [-0.15, -0.1) is 12.4 Å². The van der Waals surface area contributed by atoms with Crippen LogP contribution in [-0.2, 0) is 4.79 Å². The number of carbonyl (C=O) groups is 1. The molecule has 1 aromatic rings. The topological polar surface area (TPSA) is 96.3 Å². The number of likely N-dealkylation sites (N-methyl/N-ethyl adjacent to an activating group) is 1. The fourth-order valence-electron chi connectivity index (χ4n) is 1.35. The van der Waals surface area contributed by atoms with Gasteiger partial charge in [-0.05, 0) is 13.1 Å². The number of hydrogen-bond donors (Lipinski definition) is 3. The van der Waals surface area contributed by atoms with Crippen LogP contribution in [0.15, 0.2) is 24.3 Å². The smallest absolute Gasteiger partial charge is 0.292 e. The number of nitrogens with one attached hydrogen (secondary N) is 3. The Balaban J connectivity index is 0.00000324. The second-order valence-electron chi connectivity index (χ2n) is 3.58. The molecule has 0 spiro atoms. The van der Waals surface area contributed by atoms with Crippen LogP contribution in [0.1, 0.15) is 0 Å². The molecule has 1 rings (SSSR count). The molecule has 1 amide bonds. The average Bonchev–Trinajstić information content (AvgIpc) is 2.37. The summed E-state index contributed by atoms with van der Waals surface area (Å²) in [7, 11) is 1.79. The van der Waals surface area contributed by atoms with Crippen LogP contribution in [0.4, 0.5) is 11.4 Å². The summed E-state index contributed by atoms with van der Waals surface area (Å²) in [6.45, 7) is 1.21. The minimum absolute atomic E-state index is 0. The molecule has 7 nitrogen and oxygen atoms in total. The molecular formula is C11H17ClN4O3. The molecule has 1 aromatic carbocycles. The highest BCUT2D eigenvalue weighted by atomic mass is 35.5. The zero-order valence-corrected chi connectivity index (χ0v) is 11.3. The van der Waals surface area contributed by atoms with Gasteiger partial charge in [0, 0.05) is 19.2 Å². The van der Waals surface area contributed by atoms with Crippen molar-refractivity contribution in [2.45, 2.75) is 0 Å². The van der Waals surface area contributed by atoms with Crippen LogP contribution in [0.5, 0.6) is 0 Å². The second-order valence-corrected chi connectivity index (χ2v) is 3.58. The summed E-state index contributed by atoms with van der Waals surface area (Å²) in [4.78, 5) is 21.7. The fraction of sp³-hybridized carbons (Fsp3) is 0.364. The zero-order valence-electron chi connectivity index (χ0n) is 10.5. The molecule has 0 aliphatic carbocycles. The highest BCUT2D eigenvalue weighted by Gasteiger charge is 2.12. The molecule has 0 aliphatic heterocycles. The quantitative estimate of drug-likeness (QED) is 0.391. The second kappa shape index (κ2) is 9.12. The van der Waals surface area contributed by atoms with Crippen LogP contribution in [0, 0.1) is 10.1 Å². The maximum Gasteiger partial charge on any atom is 0.292 e. The number of carbonyl (C=O) groups excluding carboxylic acids is 1. The van der Waals surface area contributed by atoms with Gasteiger partial charge in [-0.2, -0.15) is 0 Å². The van der Waals surface area contributed by atoms with Crippen molar-refractivity contribution in [1.82, 2.24) is 10.6 Å². The van der Waals surface area contributed by atoms with E-state index in [4.69, 9.17) is 0 Å². The lowest BCUT2D eigenvalue weighted by Gasteiger charge is -2.07. The number of amides is 1. The molecule has 106 valence electrons. The van der Waals surface area contributed by atoms with E-state index in [9.17, 15) is 14.9 Å². The molecule has 19 heavy (non-hydrogen) atoms. The monoisotopic (exact) mass is 288 g/mol. The lowest BCUT2D eigenvalue weighted by atomic mass is 10.2. The van der Waals surface area contributed by atoms with Crippen LogP contribution in [-0.4, -0.2) is 37.5 Å². The third-order valence-corrected chi connectivity index (χ3v) is 2.24. The molecule has 0 fully saturated rings. The van der Waals surface area contributed by atoms with Gasteiger partial charge in [0.15, 0.2) is 0 Å². The first kappa shape index (κ1) is 17.1. The van der Waals surface area contributed by atoms with Crippen molar-refractivity contribution < 1.29 is 9.72 Å². The molecular weight excluding hydrogens is 272 g/mol. The zero-order chi connectivity index (χ0) is 13.4. The third-order valence-electron chi connectivity index (χ3n) is 2.24. The lowest BCUT2D eigenvalue weighted by Crippen LogP contribution is -2.34. The van der Waals surface area contributed by atoms with Gasteiger partial charge in [0.05, 0.1) is 11.5 Å². The highest BCUT2D eigenvalue weighted by Crippen LogP contribution is 2.22. The van der Waals surface area contributed by atoms with E-state index < -0.39 is 4.92 Å². The van der Waals surface area contributed by atoms with Crippen LogP contribution in [0.25, 0.3) is 0 Å². The standard InChI is InChI=1S/C11H16N4O3.ClH/c1-12-6-7-13-11(16)8-14-9-4-2-3-5-10(9)15(17)18;/h2-5,12,14H,6-8H2,1H3,(H,13,16);1H. The third kappa shape index (κ3) is 6.03. The van der Waals surface area contributed by atoms with E-state index in [0.717, 1.165) is 0 Å². The van der Waals surface area contributed by atoms with E-state index in [1.165, 1.54) is 6.07 Å². The number of nitro benzene ring substituents is 1. The maximum absolute atomic E-state index is 11.4. The average molecular weight is 289 g/mol. The summed E-state index contributed by atoms with van der Waals surface area (Å²) in [5.41, 5.74) is 0.298. The minimum atomic E-state index is -0.485. The van der Waals surface area contributed by atoms with E-state index in [1.54, 1.807) is 25.2 Å². The van der Waals surface area contributed by atoms with Crippen molar-refractivity contribution in [3.63, 3.8) is 0 Å². The number of halogens is 1. The van der Waals surface area contributed by atoms with Gasteiger partial charge < -0.3 is 16.0 Å². The van der Waals surface area contributed by atoms with Gasteiger partial charge in [-0.25, -0.2) is 0 Å². The van der Waals surface area contributed by atoms with Gasteiger partial charge in [0.2, 0.25) is 5.91 Å². The van der Waals surface area contributed by atoms with Crippen molar-refractivity contribution in [3.8, 4) is 0 Å². The fourth-order valence-corrected chi connectivity index (χ4v) is 1.35. The predicted octanol–water partition coefficient (Wildman–Crippen LogP) is 0.764.